The Morgan fingerprint density at radius 1 is 1.06 bits per heavy atom. The third-order valence-corrected chi connectivity index (χ3v) is 5.28. The second kappa shape index (κ2) is 10.2. The molecule has 0 aromatic heterocycles. The summed E-state index contributed by atoms with van der Waals surface area (Å²) in [7, 11) is 4.48. The minimum atomic E-state index is -1.77. The van der Waals surface area contributed by atoms with Gasteiger partial charge in [0.05, 0.1) is 53.4 Å². The zero-order chi connectivity index (χ0) is 22.6. The first kappa shape index (κ1) is 23.8. The molecule has 2 saturated heterocycles. The Morgan fingerprint density at radius 3 is 2.29 bits per heavy atom. The topological polar surface area (TPSA) is 146 Å². The van der Waals surface area contributed by atoms with Crippen LogP contribution in [0.5, 0.6) is 23.0 Å². The van der Waals surface area contributed by atoms with Crippen LogP contribution in [0.2, 0.25) is 0 Å². The molecule has 6 atom stereocenters. The van der Waals surface area contributed by atoms with Gasteiger partial charge in [-0.3, -0.25) is 0 Å². The van der Waals surface area contributed by atoms with E-state index in [0.29, 0.717) is 29.4 Å². The van der Waals surface area contributed by atoms with E-state index in [2.05, 4.69) is 0 Å². The number of aliphatic hydroxyl groups is 4. The van der Waals surface area contributed by atoms with Crippen LogP contribution in [-0.2, 0) is 14.2 Å². The molecule has 31 heavy (non-hydrogen) atoms. The minimum Gasteiger partial charge on any atom is -0.493 e. The second-order valence-electron chi connectivity index (χ2n) is 7.51. The van der Waals surface area contributed by atoms with Crippen LogP contribution >= 0.6 is 0 Å². The number of ether oxygens (including phenoxy) is 7. The molecule has 0 amide bonds. The van der Waals surface area contributed by atoms with Gasteiger partial charge in [0, 0.05) is 25.0 Å². The highest BCUT2D eigenvalue weighted by atomic mass is 16.7. The van der Waals surface area contributed by atoms with Crippen molar-refractivity contribution in [3.8, 4) is 23.0 Å². The number of aliphatic hydroxyl groups excluding tert-OH is 3. The van der Waals surface area contributed by atoms with Crippen molar-refractivity contribution in [1.82, 2.24) is 0 Å². The summed E-state index contributed by atoms with van der Waals surface area (Å²) in [5.74, 6) is 1.65. The van der Waals surface area contributed by atoms with E-state index in [1.165, 1.54) is 21.3 Å². The first-order chi connectivity index (χ1) is 14.8. The summed E-state index contributed by atoms with van der Waals surface area (Å²) in [5.41, 5.74) is -1.77. The van der Waals surface area contributed by atoms with Crippen LogP contribution in [-0.4, -0.2) is 98.1 Å². The SMILES string of the molecule is COc1cc(O[C@H]2C[C@@H](O)C[C@@H](CO[C@H]3OC[C@@](O)(CO)[C@@H]3O)O2)cc(OC)c1OC. The Kier molecular flexibility index (Phi) is 7.81. The molecule has 3 rings (SSSR count). The van der Waals surface area contributed by atoms with Crippen LogP contribution in [0.1, 0.15) is 12.8 Å². The van der Waals surface area contributed by atoms with E-state index in [9.17, 15) is 20.4 Å². The molecule has 0 aliphatic carbocycles. The molecule has 2 aliphatic heterocycles. The van der Waals surface area contributed by atoms with Crippen molar-refractivity contribution in [3.63, 3.8) is 0 Å². The first-order valence-electron chi connectivity index (χ1n) is 9.88. The summed E-state index contributed by atoms with van der Waals surface area (Å²) in [6, 6.07) is 3.24. The average Bonchev–Trinajstić information content (AvgIpc) is 3.05. The molecule has 1 aromatic carbocycles. The molecule has 1 aromatic rings. The predicted molar refractivity (Wildman–Crippen MR) is 104 cm³/mol. The van der Waals surface area contributed by atoms with Crippen LogP contribution in [0.15, 0.2) is 12.1 Å². The zero-order valence-corrected chi connectivity index (χ0v) is 17.7. The smallest absolute Gasteiger partial charge is 0.203 e. The van der Waals surface area contributed by atoms with Gasteiger partial charge in [0.1, 0.15) is 17.5 Å². The summed E-state index contributed by atoms with van der Waals surface area (Å²) in [4.78, 5) is 0. The summed E-state index contributed by atoms with van der Waals surface area (Å²) in [5, 5.41) is 39.5. The van der Waals surface area contributed by atoms with Crippen LogP contribution < -0.4 is 18.9 Å². The highest BCUT2D eigenvalue weighted by molar-refractivity contribution is 5.55. The lowest BCUT2D eigenvalue weighted by molar-refractivity contribution is -0.221. The van der Waals surface area contributed by atoms with E-state index in [-0.39, 0.29) is 19.6 Å². The van der Waals surface area contributed by atoms with E-state index >= 15 is 0 Å². The predicted octanol–water partition coefficient (Wildman–Crippen LogP) is -0.586. The highest BCUT2D eigenvalue weighted by Crippen LogP contribution is 2.41. The normalized spacial score (nSPS) is 33.2. The van der Waals surface area contributed by atoms with E-state index in [1.54, 1.807) is 12.1 Å². The number of benzene rings is 1. The molecule has 0 spiro atoms. The standard InChI is InChI=1S/C20H30O11/c1-25-14-6-12(7-15(26-2)17(14)27-3)30-16-5-11(22)4-13(31-16)8-28-19-18(23)20(24,9-21)10-29-19/h6-7,11,13,16,18-19,21-24H,4-5,8-10H2,1-3H3/t11-,13-,16+,18+,19-,20-/m0/s1. The monoisotopic (exact) mass is 446 g/mol. The van der Waals surface area contributed by atoms with Gasteiger partial charge in [0.15, 0.2) is 17.8 Å². The van der Waals surface area contributed by atoms with Crippen LogP contribution in [0.25, 0.3) is 0 Å². The van der Waals surface area contributed by atoms with Crippen LogP contribution in [0, 0.1) is 0 Å². The van der Waals surface area contributed by atoms with Crippen molar-refractivity contribution >= 4 is 0 Å². The molecule has 2 heterocycles. The van der Waals surface area contributed by atoms with Crippen molar-refractivity contribution < 1.29 is 53.6 Å². The number of hydrogen-bond donors (Lipinski definition) is 4. The van der Waals surface area contributed by atoms with Gasteiger partial charge >= 0.3 is 0 Å². The summed E-state index contributed by atoms with van der Waals surface area (Å²) < 4.78 is 38.4. The summed E-state index contributed by atoms with van der Waals surface area (Å²) in [6.45, 7) is -0.927. The molecule has 2 fully saturated rings. The lowest BCUT2D eigenvalue weighted by Gasteiger charge is -2.34. The third-order valence-electron chi connectivity index (χ3n) is 5.28. The number of hydrogen-bond acceptors (Lipinski definition) is 11. The van der Waals surface area contributed by atoms with Gasteiger partial charge in [-0.25, -0.2) is 0 Å². The largest absolute Gasteiger partial charge is 0.493 e. The molecule has 11 nitrogen and oxygen atoms in total. The molecule has 176 valence electrons. The molecular formula is C20H30O11. The van der Waals surface area contributed by atoms with Gasteiger partial charge in [0.25, 0.3) is 0 Å². The number of methoxy groups -OCH3 is 3. The fourth-order valence-corrected chi connectivity index (χ4v) is 3.54. The summed E-state index contributed by atoms with van der Waals surface area (Å²) >= 11 is 0. The Hall–Kier alpha value is -1.86. The first-order valence-corrected chi connectivity index (χ1v) is 9.88. The van der Waals surface area contributed by atoms with Crippen molar-refractivity contribution in [2.24, 2.45) is 0 Å². The maximum absolute atomic E-state index is 10.2. The van der Waals surface area contributed by atoms with Gasteiger partial charge in [-0.15, -0.1) is 0 Å². The van der Waals surface area contributed by atoms with Crippen LogP contribution in [0.3, 0.4) is 0 Å². The van der Waals surface area contributed by atoms with Gasteiger partial charge in [-0.05, 0) is 0 Å². The van der Waals surface area contributed by atoms with E-state index in [4.69, 9.17) is 33.2 Å². The Balaban J connectivity index is 1.61. The molecule has 0 bridgehead atoms. The van der Waals surface area contributed by atoms with E-state index < -0.39 is 43.1 Å². The van der Waals surface area contributed by atoms with Gasteiger partial charge in [-0.2, -0.15) is 0 Å². The van der Waals surface area contributed by atoms with E-state index in [1.807, 2.05) is 0 Å². The molecular weight excluding hydrogens is 416 g/mol. The molecule has 0 unspecified atom stereocenters. The van der Waals surface area contributed by atoms with E-state index in [0.717, 1.165) is 0 Å². The lowest BCUT2D eigenvalue weighted by atomic mass is 10.0. The third kappa shape index (κ3) is 5.32. The Bertz CT molecular complexity index is 704. The highest BCUT2D eigenvalue weighted by Gasteiger charge is 2.48. The molecule has 0 saturated carbocycles. The zero-order valence-electron chi connectivity index (χ0n) is 17.7. The Morgan fingerprint density at radius 2 is 1.74 bits per heavy atom. The fourth-order valence-electron chi connectivity index (χ4n) is 3.54. The van der Waals surface area contributed by atoms with Crippen molar-refractivity contribution in [2.45, 2.75) is 49.3 Å². The quantitative estimate of drug-likeness (QED) is 0.386. The van der Waals surface area contributed by atoms with Crippen molar-refractivity contribution in [3.05, 3.63) is 12.1 Å². The molecule has 4 N–H and O–H groups in total. The van der Waals surface area contributed by atoms with Gasteiger partial charge < -0.3 is 53.6 Å². The molecule has 0 radical (unpaired) electrons. The summed E-state index contributed by atoms with van der Waals surface area (Å²) in [6.07, 6.45) is -4.01. The average molecular weight is 446 g/mol. The van der Waals surface area contributed by atoms with Crippen molar-refractivity contribution in [2.75, 3.05) is 41.2 Å². The van der Waals surface area contributed by atoms with Crippen molar-refractivity contribution in [1.29, 1.82) is 0 Å². The number of rotatable bonds is 9. The minimum absolute atomic E-state index is 0.0184. The Labute approximate surface area is 180 Å². The van der Waals surface area contributed by atoms with Gasteiger partial charge in [-0.1, -0.05) is 0 Å². The maximum atomic E-state index is 10.2. The van der Waals surface area contributed by atoms with Gasteiger partial charge in [0.2, 0.25) is 12.0 Å². The molecule has 2 aliphatic rings. The van der Waals surface area contributed by atoms with Crippen LogP contribution in [0.4, 0.5) is 0 Å². The lowest BCUT2D eigenvalue weighted by Crippen LogP contribution is -2.48. The second-order valence-corrected chi connectivity index (χ2v) is 7.51. The maximum Gasteiger partial charge on any atom is 0.203 e. The molecule has 11 heteroatoms. The fraction of sp³-hybridized carbons (Fsp3) is 0.700.